The maximum atomic E-state index is 6.18. The number of nitrogens with two attached hydrogens (primary N) is 1. The van der Waals surface area contributed by atoms with Crippen molar-refractivity contribution in [2.45, 2.75) is 0 Å². The van der Waals surface area contributed by atoms with Crippen molar-refractivity contribution in [3.8, 4) is 28.4 Å². The molecule has 2 aromatic rings. The number of nitrogen functional groups attached to an aromatic ring is 1. The first-order valence-corrected chi connectivity index (χ1v) is 7.57. The first-order valence-electron chi connectivity index (χ1n) is 7.57. The van der Waals surface area contributed by atoms with E-state index in [1.54, 1.807) is 28.4 Å². The summed E-state index contributed by atoms with van der Waals surface area (Å²) in [6.45, 7) is 1.34. The molecule has 0 spiro atoms. The Hall–Kier alpha value is -2.60. The summed E-state index contributed by atoms with van der Waals surface area (Å²) in [5.74, 6) is 1.72. The molecule has 2 rings (SSSR count). The Balaban J connectivity index is 2.49. The molecule has 3 N–H and O–H groups in total. The van der Waals surface area contributed by atoms with E-state index in [-0.39, 0.29) is 0 Å². The second kappa shape index (κ2) is 8.31. The molecule has 0 fully saturated rings. The fraction of sp³-hybridized carbons (Fsp3) is 0.333. The number of hydrogen-bond acceptors (Lipinski definition) is 6. The van der Waals surface area contributed by atoms with Crippen LogP contribution in [0, 0.1) is 0 Å². The van der Waals surface area contributed by atoms with Gasteiger partial charge >= 0.3 is 0 Å². The van der Waals surface area contributed by atoms with Crippen LogP contribution in [0.3, 0.4) is 0 Å². The van der Waals surface area contributed by atoms with E-state index >= 15 is 0 Å². The third kappa shape index (κ3) is 3.65. The lowest BCUT2D eigenvalue weighted by Gasteiger charge is -2.17. The molecule has 0 saturated heterocycles. The predicted molar refractivity (Wildman–Crippen MR) is 96.3 cm³/mol. The van der Waals surface area contributed by atoms with Crippen molar-refractivity contribution in [3.63, 3.8) is 0 Å². The van der Waals surface area contributed by atoms with Gasteiger partial charge in [0.2, 0.25) is 5.75 Å². The minimum Gasteiger partial charge on any atom is -0.493 e. The normalized spacial score (nSPS) is 10.3. The van der Waals surface area contributed by atoms with Gasteiger partial charge in [0.05, 0.1) is 27.9 Å². The first kappa shape index (κ1) is 17.7. The summed E-state index contributed by atoms with van der Waals surface area (Å²) in [5.41, 5.74) is 9.48. The highest BCUT2D eigenvalue weighted by atomic mass is 16.5. The van der Waals surface area contributed by atoms with Gasteiger partial charge in [-0.1, -0.05) is 0 Å². The molecule has 0 atom stereocenters. The number of ether oxygens (including phenoxy) is 4. The van der Waals surface area contributed by atoms with Crippen LogP contribution in [0.5, 0.6) is 17.2 Å². The van der Waals surface area contributed by atoms with Gasteiger partial charge in [-0.25, -0.2) is 0 Å². The Morgan fingerprint density at radius 3 is 2.25 bits per heavy atom. The minimum atomic E-state index is 0.537. The van der Waals surface area contributed by atoms with E-state index in [1.165, 1.54) is 0 Å². The molecule has 0 aliphatic carbocycles. The number of nitrogens with one attached hydrogen (secondary N) is 1. The SMILES string of the molecule is COCCNc1ccc(N)c(-c2ccc(OC)c(OC)c2OC)c1. The highest BCUT2D eigenvalue weighted by Crippen LogP contribution is 2.45. The molecule has 0 aliphatic heterocycles. The summed E-state index contributed by atoms with van der Waals surface area (Å²) in [4.78, 5) is 0. The van der Waals surface area contributed by atoms with Crippen molar-refractivity contribution in [3.05, 3.63) is 30.3 Å². The molecule has 0 saturated carbocycles. The molecule has 2 aromatic carbocycles. The molecule has 0 bridgehead atoms. The highest BCUT2D eigenvalue weighted by Gasteiger charge is 2.18. The predicted octanol–water partition coefficient (Wildman–Crippen LogP) is 3.02. The van der Waals surface area contributed by atoms with E-state index in [1.807, 2.05) is 30.3 Å². The molecular weight excluding hydrogens is 308 g/mol. The molecule has 0 heterocycles. The summed E-state index contributed by atoms with van der Waals surface area (Å²) in [6.07, 6.45) is 0. The van der Waals surface area contributed by atoms with E-state index < -0.39 is 0 Å². The third-order valence-corrected chi connectivity index (χ3v) is 3.68. The van der Waals surface area contributed by atoms with Gasteiger partial charge in [0.15, 0.2) is 11.5 Å². The van der Waals surface area contributed by atoms with Gasteiger partial charge < -0.3 is 30.0 Å². The molecule has 0 aromatic heterocycles. The van der Waals surface area contributed by atoms with Gasteiger partial charge in [-0.3, -0.25) is 0 Å². The van der Waals surface area contributed by atoms with E-state index in [0.29, 0.717) is 36.1 Å². The highest BCUT2D eigenvalue weighted by molar-refractivity contribution is 5.85. The Kier molecular flexibility index (Phi) is 6.14. The second-order valence-electron chi connectivity index (χ2n) is 5.10. The lowest BCUT2D eigenvalue weighted by Crippen LogP contribution is -2.07. The number of methoxy groups -OCH3 is 4. The third-order valence-electron chi connectivity index (χ3n) is 3.68. The second-order valence-corrected chi connectivity index (χ2v) is 5.10. The van der Waals surface area contributed by atoms with Crippen molar-refractivity contribution in [2.75, 3.05) is 52.6 Å². The average molecular weight is 332 g/mol. The minimum absolute atomic E-state index is 0.537. The average Bonchev–Trinajstić information content (AvgIpc) is 2.61. The Bertz CT molecular complexity index is 689. The van der Waals surface area contributed by atoms with E-state index in [2.05, 4.69) is 5.32 Å². The Morgan fingerprint density at radius 1 is 0.875 bits per heavy atom. The van der Waals surface area contributed by atoms with Crippen LogP contribution in [0.25, 0.3) is 11.1 Å². The van der Waals surface area contributed by atoms with Crippen molar-refractivity contribution in [2.24, 2.45) is 0 Å². The molecule has 24 heavy (non-hydrogen) atoms. The van der Waals surface area contributed by atoms with Gasteiger partial charge in [-0.05, 0) is 30.3 Å². The number of hydrogen-bond donors (Lipinski definition) is 2. The molecule has 130 valence electrons. The first-order chi connectivity index (χ1) is 11.7. The van der Waals surface area contributed by atoms with Gasteiger partial charge in [-0.2, -0.15) is 0 Å². The van der Waals surface area contributed by atoms with Crippen molar-refractivity contribution >= 4 is 11.4 Å². The molecule has 0 unspecified atom stereocenters. The number of rotatable bonds is 8. The van der Waals surface area contributed by atoms with Crippen LogP contribution in [0.4, 0.5) is 11.4 Å². The monoisotopic (exact) mass is 332 g/mol. The molecule has 0 aliphatic rings. The largest absolute Gasteiger partial charge is 0.493 e. The van der Waals surface area contributed by atoms with Gasteiger partial charge in [0.1, 0.15) is 0 Å². The van der Waals surface area contributed by atoms with Crippen LogP contribution in [-0.2, 0) is 4.74 Å². The van der Waals surface area contributed by atoms with Gasteiger partial charge in [-0.15, -0.1) is 0 Å². The van der Waals surface area contributed by atoms with Crippen LogP contribution in [0.1, 0.15) is 0 Å². The summed E-state index contributed by atoms with van der Waals surface area (Å²) in [7, 11) is 6.43. The fourth-order valence-corrected chi connectivity index (χ4v) is 2.51. The fourth-order valence-electron chi connectivity index (χ4n) is 2.51. The van der Waals surface area contributed by atoms with Crippen LogP contribution in [0.2, 0.25) is 0 Å². The molecule has 0 radical (unpaired) electrons. The molecule has 6 nitrogen and oxygen atoms in total. The standard InChI is InChI=1S/C18H24N2O4/c1-21-10-9-20-12-5-7-15(19)14(11-12)13-6-8-16(22-2)18(24-4)17(13)23-3/h5-8,11,20H,9-10,19H2,1-4H3. The zero-order chi connectivity index (χ0) is 17.5. The summed E-state index contributed by atoms with van der Waals surface area (Å²) >= 11 is 0. The van der Waals surface area contributed by atoms with Crippen molar-refractivity contribution in [1.82, 2.24) is 0 Å². The van der Waals surface area contributed by atoms with E-state index in [9.17, 15) is 0 Å². The Morgan fingerprint density at radius 2 is 1.62 bits per heavy atom. The van der Waals surface area contributed by atoms with Gasteiger partial charge in [0.25, 0.3) is 0 Å². The Labute approximate surface area is 142 Å². The summed E-state index contributed by atoms with van der Waals surface area (Å²) in [6, 6.07) is 9.52. The zero-order valence-corrected chi connectivity index (χ0v) is 14.5. The van der Waals surface area contributed by atoms with Crippen LogP contribution < -0.4 is 25.3 Å². The maximum Gasteiger partial charge on any atom is 0.203 e. The molecule has 6 heteroatoms. The topological polar surface area (TPSA) is 75.0 Å². The quantitative estimate of drug-likeness (QED) is 0.572. The molecular formula is C18H24N2O4. The lowest BCUT2D eigenvalue weighted by molar-refractivity contribution is 0.211. The number of anilines is 2. The summed E-state index contributed by atoms with van der Waals surface area (Å²) in [5, 5.41) is 3.29. The van der Waals surface area contributed by atoms with E-state index in [0.717, 1.165) is 16.8 Å². The smallest absolute Gasteiger partial charge is 0.203 e. The summed E-state index contributed by atoms with van der Waals surface area (Å²) < 4.78 is 21.4. The number of benzene rings is 2. The maximum absolute atomic E-state index is 6.18. The van der Waals surface area contributed by atoms with E-state index in [4.69, 9.17) is 24.7 Å². The van der Waals surface area contributed by atoms with Crippen LogP contribution in [0.15, 0.2) is 30.3 Å². The van der Waals surface area contributed by atoms with Crippen LogP contribution in [-0.4, -0.2) is 41.6 Å². The van der Waals surface area contributed by atoms with Gasteiger partial charge in [0, 0.05) is 36.2 Å². The lowest BCUT2D eigenvalue weighted by atomic mass is 10.0. The van der Waals surface area contributed by atoms with Crippen molar-refractivity contribution < 1.29 is 18.9 Å². The zero-order valence-electron chi connectivity index (χ0n) is 14.5. The van der Waals surface area contributed by atoms with Crippen molar-refractivity contribution in [1.29, 1.82) is 0 Å². The van der Waals surface area contributed by atoms with Crippen LogP contribution >= 0.6 is 0 Å². The molecule has 0 amide bonds.